The van der Waals surface area contributed by atoms with Crippen LogP contribution in [0.4, 0.5) is 5.69 Å². The molecule has 2 N–H and O–H groups in total. The van der Waals surface area contributed by atoms with Gasteiger partial charge in [0.1, 0.15) is 0 Å². The summed E-state index contributed by atoms with van der Waals surface area (Å²) < 4.78 is 4.91. The number of nitrogens with two attached hydrogens (primary N) is 1. The van der Waals surface area contributed by atoms with E-state index in [2.05, 4.69) is 17.1 Å². The molecule has 4 nitrogen and oxygen atoms in total. The van der Waals surface area contributed by atoms with E-state index < -0.39 is 0 Å². The van der Waals surface area contributed by atoms with E-state index in [0.29, 0.717) is 11.6 Å². The van der Waals surface area contributed by atoms with Gasteiger partial charge in [0, 0.05) is 10.6 Å². The van der Waals surface area contributed by atoms with E-state index in [1.54, 1.807) is 11.8 Å². The van der Waals surface area contributed by atoms with E-state index >= 15 is 0 Å². The topological polar surface area (TPSA) is 64.9 Å². The Bertz CT molecular complexity index is 442. The summed E-state index contributed by atoms with van der Waals surface area (Å²) in [5.41, 5.74) is 7.69. The number of hydrogen-bond donors (Lipinski definition) is 1. The Kier molecular flexibility index (Phi) is 2.91. The summed E-state index contributed by atoms with van der Waals surface area (Å²) in [7, 11) is 0. The highest BCUT2D eigenvalue weighted by molar-refractivity contribution is 7.98. The monoisotopic (exact) mass is 221 g/mol. The highest BCUT2D eigenvalue weighted by atomic mass is 32.2. The fraction of sp³-hybridized carbons (Fsp3) is 0.200. The predicted octanol–water partition coefficient (Wildman–Crippen LogP) is 2.25. The summed E-state index contributed by atoms with van der Waals surface area (Å²) in [4.78, 5) is 5.10. The van der Waals surface area contributed by atoms with Crippen molar-refractivity contribution in [3.8, 4) is 0 Å². The standard InChI is InChI=1S/C10H11N3OS/c1-7-2-3-8(11)4-9(7)15-5-10-12-6-13-14-10/h2-4,6H,5,11H2,1H3. The predicted molar refractivity (Wildman–Crippen MR) is 59.5 cm³/mol. The van der Waals surface area contributed by atoms with Gasteiger partial charge in [0.25, 0.3) is 0 Å². The molecular formula is C10H11N3OS. The summed E-state index contributed by atoms with van der Waals surface area (Å²) in [6.45, 7) is 2.05. The number of hydrogen-bond acceptors (Lipinski definition) is 5. The summed E-state index contributed by atoms with van der Waals surface area (Å²) in [6.07, 6.45) is 1.40. The minimum Gasteiger partial charge on any atom is -0.399 e. The molecule has 78 valence electrons. The van der Waals surface area contributed by atoms with E-state index in [1.165, 1.54) is 11.9 Å². The van der Waals surface area contributed by atoms with Crippen LogP contribution in [-0.2, 0) is 5.75 Å². The molecule has 0 amide bonds. The molecule has 5 heteroatoms. The third-order valence-corrected chi connectivity index (χ3v) is 3.11. The molecule has 15 heavy (non-hydrogen) atoms. The van der Waals surface area contributed by atoms with Gasteiger partial charge in [-0.2, -0.15) is 4.98 Å². The highest BCUT2D eigenvalue weighted by Gasteiger charge is 2.03. The molecule has 0 bridgehead atoms. The molecule has 0 unspecified atom stereocenters. The Morgan fingerprint density at radius 3 is 3.07 bits per heavy atom. The van der Waals surface area contributed by atoms with Crippen molar-refractivity contribution in [3.63, 3.8) is 0 Å². The minimum absolute atomic E-state index is 0.627. The number of thioether (sulfide) groups is 1. The molecule has 0 spiro atoms. The second kappa shape index (κ2) is 4.35. The molecule has 2 aromatic rings. The van der Waals surface area contributed by atoms with E-state index in [-0.39, 0.29) is 0 Å². The first-order valence-electron chi connectivity index (χ1n) is 4.50. The minimum atomic E-state index is 0.627. The maximum Gasteiger partial charge on any atom is 0.236 e. The molecule has 0 fully saturated rings. The van der Waals surface area contributed by atoms with E-state index in [1.807, 2.05) is 18.2 Å². The van der Waals surface area contributed by atoms with Crippen LogP contribution in [0.3, 0.4) is 0 Å². The Hall–Kier alpha value is -1.49. The highest BCUT2D eigenvalue weighted by Crippen LogP contribution is 2.26. The van der Waals surface area contributed by atoms with Crippen LogP contribution in [0.5, 0.6) is 0 Å². The lowest BCUT2D eigenvalue weighted by Crippen LogP contribution is -1.88. The third-order valence-electron chi connectivity index (χ3n) is 1.97. The van der Waals surface area contributed by atoms with Gasteiger partial charge in [-0.15, -0.1) is 11.8 Å². The number of nitrogen functional groups attached to an aromatic ring is 1. The Morgan fingerprint density at radius 2 is 2.33 bits per heavy atom. The number of rotatable bonds is 3. The van der Waals surface area contributed by atoms with Crippen LogP contribution in [0.25, 0.3) is 0 Å². The van der Waals surface area contributed by atoms with Crippen molar-refractivity contribution in [1.29, 1.82) is 0 Å². The van der Waals surface area contributed by atoms with Gasteiger partial charge in [-0.3, -0.25) is 0 Å². The molecule has 0 saturated heterocycles. The summed E-state index contributed by atoms with van der Waals surface area (Å²) in [5.74, 6) is 1.30. The Morgan fingerprint density at radius 1 is 1.47 bits per heavy atom. The summed E-state index contributed by atoms with van der Waals surface area (Å²) in [5, 5.41) is 3.55. The third kappa shape index (κ3) is 2.50. The average Bonchev–Trinajstić information content (AvgIpc) is 2.72. The molecule has 0 atom stereocenters. The number of aryl methyl sites for hydroxylation is 1. The molecule has 0 aliphatic carbocycles. The van der Waals surface area contributed by atoms with Crippen molar-refractivity contribution in [2.45, 2.75) is 17.6 Å². The van der Waals surface area contributed by atoms with E-state index in [4.69, 9.17) is 10.3 Å². The second-order valence-electron chi connectivity index (χ2n) is 3.15. The van der Waals surface area contributed by atoms with Crippen molar-refractivity contribution in [3.05, 3.63) is 36.0 Å². The van der Waals surface area contributed by atoms with Crippen LogP contribution >= 0.6 is 11.8 Å². The second-order valence-corrected chi connectivity index (χ2v) is 4.17. The molecule has 0 saturated carbocycles. The first kappa shape index (κ1) is 10.0. The molecular weight excluding hydrogens is 210 g/mol. The molecule has 1 heterocycles. The quantitative estimate of drug-likeness (QED) is 0.636. The average molecular weight is 221 g/mol. The SMILES string of the molecule is Cc1ccc(N)cc1SCc1ncno1. The van der Waals surface area contributed by atoms with Crippen LogP contribution in [-0.4, -0.2) is 10.1 Å². The lowest BCUT2D eigenvalue weighted by Gasteiger charge is -2.04. The zero-order valence-electron chi connectivity index (χ0n) is 8.30. The van der Waals surface area contributed by atoms with Gasteiger partial charge >= 0.3 is 0 Å². The number of benzene rings is 1. The number of anilines is 1. The maximum atomic E-state index is 5.71. The van der Waals surface area contributed by atoms with Gasteiger partial charge in [-0.25, -0.2) is 0 Å². The molecule has 2 rings (SSSR count). The molecule has 0 aliphatic rings. The Labute approximate surface area is 91.9 Å². The molecule has 0 radical (unpaired) electrons. The smallest absolute Gasteiger partial charge is 0.236 e. The van der Waals surface area contributed by atoms with Crippen LogP contribution in [0.2, 0.25) is 0 Å². The normalized spacial score (nSPS) is 10.5. The van der Waals surface area contributed by atoms with Crippen molar-refractivity contribution in [1.82, 2.24) is 10.1 Å². The molecule has 1 aromatic carbocycles. The lowest BCUT2D eigenvalue weighted by molar-refractivity contribution is 0.390. The Balaban J connectivity index is 2.07. The van der Waals surface area contributed by atoms with Crippen LogP contribution in [0.1, 0.15) is 11.5 Å². The summed E-state index contributed by atoms with van der Waals surface area (Å²) >= 11 is 1.64. The van der Waals surface area contributed by atoms with Gasteiger partial charge in [0.2, 0.25) is 5.89 Å². The van der Waals surface area contributed by atoms with Gasteiger partial charge < -0.3 is 10.3 Å². The van der Waals surface area contributed by atoms with E-state index in [9.17, 15) is 0 Å². The van der Waals surface area contributed by atoms with Crippen molar-refractivity contribution in [2.24, 2.45) is 0 Å². The first-order valence-corrected chi connectivity index (χ1v) is 5.49. The van der Waals surface area contributed by atoms with Gasteiger partial charge in [0.05, 0.1) is 5.75 Å². The van der Waals surface area contributed by atoms with Gasteiger partial charge in [0.15, 0.2) is 6.33 Å². The fourth-order valence-corrected chi connectivity index (χ4v) is 2.09. The van der Waals surface area contributed by atoms with Gasteiger partial charge in [-0.05, 0) is 24.6 Å². The molecule has 0 aliphatic heterocycles. The maximum absolute atomic E-state index is 5.71. The van der Waals surface area contributed by atoms with Crippen LogP contribution in [0, 0.1) is 6.92 Å². The first-order chi connectivity index (χ1) is 7.25. The van der Waals surface area contributed by atoms with Crippen LogP contribution < -0.4 is 5.73 Å². The fourth-order valence-electron chi connectivity index (χ4n) is 1.17. The molecule has 1 aromatic heterocycles. The van der Waals surface area contributed by atoms with Gasteiger partial charge in [-0.1, -0.05) is 11.2 Å². The van der Waals surface area contributed by atoms with Crippen molar-refractivity contribution < 1.29 is 4.52 Å². The van der Waals surface area contributed by atoms with Crippen LogP contribution in [0.15, 0.2) is 33.9 Å². The van der Waals surface area contributed by atoms with Crippen molar-refractivity contribution in [2.75, 3.05) is 5.73 Å². The lowest BCUT2D eigenvalue weighted by atomic mass is 10.2. The van der Waals surface area contributed by atoms with E-state index in [0.717, 1.165) is 10.6 Å². The summed E-state index contributed by atoms with van der Waals surface area (Å²) in [6, 6.07) is 5.86. The zero-order valence-corrected chi connectivity index (χ0v) is 9.12. The number of nitrogens with zero attached hydrogens (tertiary/aromatic N) is 2. The largest absolute Gasteiger partial charge is 0.399 e. The van der Waals surface area contributed by atoms with Crippen molar-refractivity contribution >= 4 is 17.4 Å². The number of aromatic nitrogens is 2. The zero-order chi connectivity index (χ0) is 10.7.